The van der Waals surface area contributed by atoms with E-state index in [1.54, 1.807) is 12.1 Å². The molecule has 0 amide bonds. The van der Waals surface area contributed by atoms with Crippen molar-refractivity contribution in [1.82, 2.24) is 4.90 Å². The Morgan fingerprint density at radius 3 is 2.39 bits per heavy atom. The second-order valence-corrected chi connectivity index (χ2v) is 5.96. The van der Waals surface area contributed by atoms with Crippen LogP contribution in [-0.2, 0) is 0 Å². The maximum Gasteiger partial charge on any atom is 0.164 e. The molecule has 0 radical (unpaired) electrons. The molecule has 4 nitrogen and oxygen atoms in total. The van der Waals surface area contributed by atoms with Crippen LogP contribution in [-0.4, -0.2) is 43.4 Å². The SMILES string of the molecule is Nc1cccc(C(=O)CCN2CCN(c3ccccc3)CC2)c1. The number of piperazine rings is 1. The lowest BCUT2D eigenvalue weighted by Crippen LogP contribution is -2.46. The van der Waals surface area contributed by atoms with E-state index in [9.17, 15) is 4.79 Å². The highest BCUT2D eigenvalue weighted by Gasteiger charge is 2.18. The number of carbonyl (C=O) groups excluding carboxylic acids is 1. The molecule has 1 saturated heterocycles. The minimum Gasteiger partial charge on any atom is -0.399 e. The Hall–Kier alpha value is -2.33. The lowest BCUT2D eigenvalue weighted by atomic mass is 10.1. The van der Waals surface area contributed by atoms with Crippen LogP contribution in [0.15, 0.2) is 54.6 Å². The summed E-state index contributed by atoms with van der Waals surface area (Å²) in [6.07, 6.45) is 0.550. The van der Waals surface area contributed by atoms with Crippen molar-refractivity contribution in [1.29, 1.82) is 0 Å². The fourth-order valence-corrected chi connectivity index (χ4v) is 2.98. The molecule has 1 aliphatic heterocycles. The van der Waals surface area contributed by atoms with Gasteiger partial charge in [0.1, 0.15) is 0 Å². The van der Waals surface area contributed by atoms with E-state index in [1.807, 2.05) is 18.2 Å². The molecule has 2 aromatic rings. The molecule has 0 aliphatic carbocycles. The zero-order valence-corrected chi connectivity index (χ0v) is 13.3. The van der Waals surface area contributed by atoms with E-state index in [2.05, 4.69) is 34.1 Å². The van der Waals surface area contributed by atoms with E-state index >= 15 is 0 Å². The number of rotatable bonds is 5. The van der Waals surface area contributed by atoms with E-state index in [4.69, 9.17) is 5.73 Å². The number of hydrogen-bond donors (Lipinski definition) is 1. The van der Waals surface area contributed by atoms with Gasteiger partial charge in [-0.15, -0.1) is 0 Å². The van der Waals surface area contributed by atoms with Crippen LogP contribution in [0.1, 0.15) is 16.8 Å². The standard InChI is InChI=1S/C19H23N3O/c20-17-6-4-5-16(15-17)19(23)9-10-21-11-13-22(14-12-21)18-7-2-1-3-8-18/h1-8,15H,9-14,20H2. The second-order valence-electron chi connectivity index (χ2n) is 5.96. The van der Waals surface area contributed by atoms with Crippen molar-refractivity contribution in [3.05, 3.63) is 60.2 Å². The summed E-state index contributed by atoms with van der Waals surface area (Å²) in [4.78, 5) is 17.0. The van der Waals surface area contributed by atoms with E-state index in [-0.39, 0.29) is 5.78 Å². The Bertz CT molecular complexity index is 649. The van der Waals surface area contributed by atoms with Gasteiger partial charge in [0, 0.05) is 56.1 Å². The van der Waals surface area contributed by atoms with Gasteiger partial charge in [0.15, 0.2) is 5.78 Å². The number of Topliss-reactive ketones (excluding diaryl/α,β-unsaturated/α-hetero) is 1. The van der Waals surface area contributed by atoms with Gasteiger partial charge in [-0.25, -0.2) is 0 Å². The van der Waals surface area contributed by atoms with Crippen LogP contribution in [0.5, 0.6) is 0 Å². The first-order valence-corrected chi connectivity index (χ1v) is 8.13. The summed E-state index contributed by atoms with van der Waals surface area (Å²) in [6.45, 7) is 4.83. The minimum absolute atomic E-state index is 0.169. The quantitative estimate of drug-likeness (QED) is 0.681. The first kappa shape index (κ1) is 15.6. The first-order chi connectivity index (χ1) is 11.2. The van der Waals surface area contributed by atoms with Gasteiger partial charge in [-0.3, -0.25) is 9.69 Å². The van der Waals surface area contributed by atoms with Gasteiger partial charge in [0.25, 0.3) is 0 Å². The summed E-state index contributed by atoms with van der Waals surface area (Å²) in [7, 11) is 0. The normalized spacial score (nSPS) is 15.6. The molecule has 0 bridgehead atoms. The lowest BCUT2D eigenvalue weighted by Gasteiger charge is -2.36. The number of nitrogens with zero attached hydrogens (tertiary/aromatic N) is 2. The molecule has 1 fully saturated rings. The van der Waals surface area contributed by atoms with Crippen molar-refractivity contribution in [3.63, 3.8) is 0 Å². The molecule has 0 aromatic heterocycles. The molecule has 0 atom stereocenters. The number of carbonyl (C=O) groups is 1. The lowest BCUT2D eigenvalue weighted by molar-refractivity contribution is 0.0962. The predicted octanol–water partition coefficient (Wildman–Crippen LogP) is 2.66. The summed E-state index contributed by atoms with van der Waals surface area (Å²) >= 11 is 0. The molecule has 3 rings (SSSR count). The van der Waals surface area contributed by atoms with E-state index in [0.717, 1.165) is 32.7 Å². The second kappa shape index (κ2) is 7.29. The van der Waals surface area contributed by atoms with E-state index in [0.29, 0.717) is 17.7 Å². The molecular formula is C19H23N3O. The topological polar surface area (TPSA) is 49.6 Å². The smallest absolute Gasteiger partial charge is 0.164 e. The molecular weight excluding hydrogens is 286 g/mol. The number of anilines is 2. The van der Waals surface area contributed by atoms with Crippen LogP contribution >= 0.6 is 0 Å². The van der Waals surface area contributed by atoms with Gasteiger partial charge in [-0.1, -0.05) is 30.3 Å². The fraction of sp³-hybridized carbons (Fsp3) is 0.316. The molecule has 120 valence electrons. The molecule has 23 heavy (non-hydrogen) atoms. The van der Waals surface area contributed by atoms with Crippen molar-refractivity contribution < 1.29 is 4.79 Å². The number of para-hydroxylation sites is 1. The van der Waals surface area contributed by atoms with Crippen LogP contribution in [0.2, 0.25) is 0 Å². The van der Waals surface area contributed by atoms with Crippen molar-refractivity contribution in [2.45, 2.75) is 6.42 Å². The maximum absolute atomic E-state index is 12.2. The average Bonchev–Trinajstić information content (AvgIpc) is 2.61. The van der Waals surface area contributed by atoms with Crippen molar-refractivity contribution in [2.75, 3.05) is 43.4 Å². The van der Waals surface area contributed by atoms with Gasteiger partial charge in [0.2, 0.25) is 0 Å². The van der Waals surface area contributed by atoms with Crippen LogP contribution < -0.4 is 10.6 Å². The summed E-state index contributed by atoms with van der Waals surface area (Å²) in [5, 5.41) is 0. The summed E-state index contributed by atoms with van der Waals surface area (Å²) < 4.78 is 0. The van der Waals surface area contributed by atoms with Crippen LogP contribution in [0.3, 0.4) is 0 Å². The Balaban J connectivity index is 1.47. The Kier molecular flexibility index (Phi) is 4.93. The van der Waals surface area contributed by atoms with Gasteiger partial charge >= 0.3 is 0 Å². The van der Waals surface area contributed by atoms with Crippen LogP contribution in [0, 0.1) is 0 Å². The summed E-state index contributed by atoms with van der Waals surface area (Å²) in [6, 6.07) is 17.7. The fourth-order valence-electron chi connectivity index (χ4n) is 2.98. The average molecular weight is 309 g/mol. The molecule has 0 saturated carbocycles. The minimum atomic E-state index is 0.169. The number of benzene rings is 2. The third kappa shape index (κ3) is 4.11. The van der Waals surface area contributed by atoms with Gasteiger partial charge in [0.05, 0.1) is 0 Å². The number of ketones is 1. The highest BCUT2D eigenvalue weighted by molar-refractivity contribution is 5.96. The van der Waals surface area contributed by atoms with Crippen LogP contribution in [0.4, 0.5) is 11.4 Å². The molecule has 4 heteroatoms. The third-order valence-electron chi connectivity index (χ3n) is 4.36. The van der Waals surface area contributed by atoms with Crippen LogP contribution in [0.25, 0.3) is 0 Å². The Morgan fingerprint density at radius 2 is 1.70 bits per heavy atom. The first-order valence-electron chi connectivity index (χ1n) is 8.13. The van der Waals surface area contributed by atoms with Gasteiger partial charge in [-0.05, 0) is 24.3 Å². The zero-order valence-electron chi connectivity index (χ0n) is 13.3. The van der Waals surface area contributed by atoms with Crippen molar-refractivity contribution >= 4 is 17.2 Å². The predicted molar refractivity (Wildman–Crippen MR) is 94.9 cm³/mol. The zero-order chi connectivity index (χ0) is 16.1. The Morgan fingerprint density at radius 1 is 0.957 bits per heavy atom. The molecule has 0 spiro atoms. The highest BCUT2D eigenvalue weighted by atomic mass is 16.1. The molecule has 0 unspecified atom stereocenters. The summed E-state index contributed by atoms with van der Waals surface area (Å²) in [5.41, 5.74) is 8.38. The van der Waals surface area contributed by atoms with E-state index in [1.165, 1.54) is 5.69 Å². The van der Waals surface area contributed by atoms with Gasteiger partial charge in [-0.2, -0.15) is 0 Å². The molecule has 2 N–H and O–H groups in total. The van der Waals surface area contributed by atoms with Crippen molar-refractivity contribution in [3.8, 4) is 0 Å². The van der Waals surface area contributed by atoms with E-state index < -0.39 is 0 Å². The number of hydrogen-bond acceptors (Lipinski definition) is 4. The molecule has 2 aromatic carbocycles. The number of nitrogen functional groups attached to an aromatic ring is 1. The Labute approximate surface area is 137 Å². The number of nitrogens with two attached hydrogens (primary N) is 1. The third-order valence-corrected chi connectivity index (χ3v) is 4.36. The maximum atomic E-state index is 12.2. The monoisotopic (exact) mass is 309 g/mol. The highest BCUT2D eigenvalue weighted by Crippen LogP contribution is 2.16. The van der Waals surface area contributed by atoms with Gasteiger partial charge < -0.3 is 10.6 Å². The largest absolute Gasteiger partial charge is 0.399 e. The van der Waals surface area contributed by atoms with Crippen molar-refractivity contribution in [2.24, 2.45) is 0 Å². The molecule has 1 aliphatic rings. The molecule has 1 heterocycles. The summed E-state index contributed by atoms with van der Waals surface area (Å²) in [5.74, 6) is 0.169.